The van der Waals surface area contributed by atoms with E-state index in [1.54, 1.807) is 29.2 Å². The van der Waals surface area contributed by atoms with Gasteiger partial charge in [0, 0.05) is 32.6 Å². The molecule has 1 heterocycles. The zero-order valence-corrected chi connectivity index (χ0v) is 20.2. The van der Waals surface area contributed by atoms with Gasteiger partial charge in [-0.05, 0) is 31.0 Å². The van der Waals surface area contributed by atoms with Crippen LogP contribution in [-0.4, -0.2) is 55.7 Å². The number of nitrogens with one attached hydrogen (secondary N) is 1. The van der Waals surface area contributed by atoms with Crippen molar-refractivity contribution in [3.63, 3.8) is 0 Å². The molecule has 1 N–H and O–H groups in total. The fraction of sp³-hybridized carbons (Fsp3) is 0.440. The molecule has 33 heavy (non-hydrogen) atoms. The number of unbranched alkanes of at least 4 members (excludes halogenated alkanes) is 1. The molecule has 1 atom stereocenters. The van der Waals surface area contributed by atoms with Crippen molar-refractivity contribution in [2.24, 2.45) is 0 Å². The van der Waals surface area contributed by atoms with Gasteiger partial charge in [-0.3, -0.25) is 9.59 Å². The van der Waals surface area contributed by atoms with Crippen LogP contribution in [0.3, 0.4) is 0 Å². The Balaban J connectivity index is 1.61. The molecule has 178 valence electrons. The van der Waals surface area contributed by atoms with E-state index in [-0.39, 0.29) is 29.7 Å². The fourth-order valence-electron chi connectivity index (χ4n) is 4.01. The molecule has 2 amide bonds. The second kappa shape index (κ2) is 11.4. The molecular formula is C25H33N3O4S. The third-order valence-corrected chi connectivity index (χ3v) is 7.39. The van der Waals surface area contributed by atoms with Gasteiger partial charge in [0.2, 0.25) is 21.8 Å². The van der Waals surface area contributed by atoms with Gasteiger partial charge in [-0.2, -0.15) is 0 Å². The van der Waals surface area contributed by atoms with Gasteiger partial charge in [-0.1, -0.05) is 67.8 Å². The highest BCUT2D eigenvalue weighted by molar-refractivity contribution is 7.89. The molecule has 2 aromatic rings. The van der Waals surface area contributed by atoms with Crippen LogP contribution in [0, 0.1) is 6.92 Å². The summed E-state index contributed by atoms with van der Waals surface area (Å²) in [6.07, 6.45) is 2.40. The van der Waals surface area contributed by atoms with E-state index in [0.717, 1.165) is 24.0 Å². The van der Waals surface area contributed by atoms with Gasteiger partial charge in [0.25, 0.3) is 0 Å². The largest absolute Gasteiger partial charge is 0.335 e. The molecule has 1 aliphatic rings. The van der Waals surface area contributed by atoms with Crippen LogP contribution in [0.1, 0.15) is 43.7 Å². The Bertz CT molecular complexity index is 1040. The Labute approximate surface area is 196 Å². The first-order chi connectivity index (χ1) is 15.8. The van der Waals surface area contributed by atoms with Crippen molar-refractivity contribution in [1.82, 2.24) is 14.5 Å². The maximum atomic E-state index is 13.2. The van der Waals surface area contributed by atoms with Crippen LogP contribution < -0.4 is 4.72 Å². The lowest BCUT2D eigenvalue weighted by Gasteiger charge is -2.41. The summed E-state index contributed by atoms with van der Waals surface area (Å²) in [5, 5.41) is 0. The molecule has 2 aromatic carbocycles. The topological polar surface area (TPSA) is 86.8 Å². The molecule has 1 saturated heterocycles. The van der Waals surface area contributed by atoms with E-state index in [0.29, 0.717) is 26.1 Å². The summed E-state index contributed by atoms with van der Waals surface area (Å²) in [7, 11) is -3.68. The van der Waals surface area contributed by atoms with Gasteiger partial charge >= 0.3 is 0 Å². The summed E-state index contributed by atoms with van der Waals surface area (Å²) in [5.74, 6) is -0.234. The molecular weight excluding hydrogens is 438 g/mol. The van der Waals surface area contributed by atoms with E-state index in [2.05, 4.69) is 11.6 Å². The van der Waals surface area contributed by atoms with Crippen LogP contribution in [-0.2, 0) is 26.2 Å². The van der Waals surface area contributed by atoms with E-state index in [1.807, 2.05) is 42.2 Å². The van der Waals surface area contributed by atoms with Crippen molar-refractivity contribution < 1.29 is 18.0 Å². The molecule has 0 radical (unpaired) electrons. The summed E-state index contributed by atoms with van der Waals surface area (Å²) in [4.78, 5) is 29.8. The smallest absolute Gasteiger partial charge is 0.245 e. The number of carbonyl (C=O) groups excluding carboxylic acids is 2. The Morgan fingerprint density at radius 3 is 2.42 bits per heavy atom. The summed E-state index contributed by atoms with van der Waals surface area (Å²) in [6, 6.07) is 15.9. The number of nitrogens with zero attached hydrogens (tertiary/aromatic N) is 2. The van der Waals surface area contributed by atoms with Crippen molar-refractivity contribution in [3.8, 4) is 0 Å². The molecule has 0 spiro atoms. The number of amides is 2. The number of hydrogen-bond donors (Lipinski definition) is 1. The molecule has 8 heteroatoms. The van der Waals surface area contributed by atoms with Crippen molar-refractivity contribution in [2.45, 2.75) is 57.0 Å². The molecule has 1 aliphatic heterocycles. The summed E-state index contributed by atoms with van der Waals surface area (Å²) in [5.41, 5.74) is 2.03. The molecule has 7 nitrogen and oxygen atoms in total. The number of aryl methyl sites for hydroxylation is 1. The molecule has 0 aromatic heterocycles. The number of piperazine rings is 1. The lowest BCUT2D eigenvalue weighted by molar-refractivity contribution is -0.152. The van der Waals surface area contributed by atoms with E-state index in [9.17, 15) is 18.0 Å². The van der Waals surface area contributed by atoms with Gasteiger partial charge in [-0.15, -0.1) is 0 Å². The Hall–Kier alpha value is -2.71. The number of rotatable bonds is 10. The molecule has 0 aliphatic carbocycles. The summed E-state index contributed by atoms with van der Waals surface area (Å²) >= 11 is 0. The maximum Gasteiger partial charge on any atom is 0.245 e. The van der Waals surface area contributed by atoms with Crippen LogP contribution in [0.5, 0.6) is 0 Å². The average Bonchev–Trinajstić information content (AvgIpc) is 2.80. The lowest BCUT2D eigenvalue weighted by atomic mass is 10.0. The van der Waals surface area contributed by atoms with Crippen LogP contribution in [0.15, 0.2) is 59.5 Å². The average molecular weight is 472 g/mol. The zero-order chi connectivity index (χ0) is 23.8. The highest BCUT2D eigenvalue weighted by Crippen LogP contribution is 2.20. The molecule has 0 saturated carbocycles. The first-order valence-corrected chi connectivity index (χ1v) is 13.0. The maximum absolute atomic E-state index is 13.2. The van der Waals surface area contributed by atoms with Crippen LogP contribution in [0.25, 0.3) is 0 Å². The standard InChI is InChI=1S/C25H33N3O4S/c1-3-4-10-23-25(30)27(19-21-8-6-5-7-9-21)17-18-28(23)24(29)15-16-26-33(31,32)22-13-11-20(2)12-14-22/h5-9,11-14,23,26H,3-4,10,15-19H2,1-2H3. The minimum absolute atomic E-state index is 0.00599. The fourth-order valence-corrected chi connectivity index (χ4v) is 5.04. The van der Waals surface area contributed by atoms with Crippen molar-refractivity contribution >= 4 is 21.8 Å². The Morgan fingerprint density at radius 1 is 1.06 bits per heavy atom. The molecule has 1 unspecified atom stereocenters. The predicted octanol–water partition coefficient (Wildman–Crippen LogP) is 3.09. The Kier molecular flexibility index (Phi) is 8.63. The zero-order valence-electron chi connectivity index (χ0n) is 19.4. The minimum atomic E-state index is -3.68. The van der Waals surface area contributed by atoms with E-state index < -0.39 is 16.1 Å². The van der Waals surface area contributed by atoms with Gasteiger partial charge < -0.3 is 9.80 Å². The van der Waals surface area contributed by atoms with Crippen molar-refractivity contribution in [3.05, 3.63) is 65.7 Å². The first-order valence-electron chi connectivity index (χ1n) is 11.5. The van der Waals surface area contributed by atoms with E-state index in [1.165, 1.54) is 0 Å². The molecule has 1 fully saturated rings. The van der Waals surface area contributed by atoms with Crippen molar-refractivity contribution in [2.75, 3.05) is 19.6 Å². The van der Waals surface area contributed by atoms with E-state index >= 15 is 0 Å². The lowest BCUT2D eigenvalue weighted by Crippen LogP contribution is -2.58. The third-order valence-electron chi connectivity index (χ3n) is 5.91. The van der Waals surface area contributed by atoms with Crippen LogP contribution in [0.4, 0.5) is 0 Å². The van der Waals surface area contributed by atoms with Gasteiger partial charge in [0.15, 0.2) is 0 Å². The normalized spacial score (nSPS) is 16.8. The monoisotopic (exact) mass is 471 g/mol. The second-order valence-corrected chi connectivity index (χ2v) is 10.2. The highest BCUT2D eigenvalue weighted by atomic mass is 32.2. The second-order valence-electron chi connectivity index (χ2n) is 8.45. The SMILES string of the molecule is CCCCC1C(=O)N(Cc2ccccc2)CCN1C(=O)CCNS(=O)(=O)c1ccc(C)cc1. The minimum Gasteiger partial charge on any atom is -0.335 e. The Morgan fingerprint density at radius 2 is 1.76 bits per heavy atom. The number of sulfonamides is 1. The highest BCUT2D eigenvalue weighted by Gasteiger charge is 2.36. The van der Waals surface area contributed by atoms with Crippen LogP contribution >= 0.6 is 0 Å². The molecule has 3 rings (SSSR count). The third kappa shape index (κ3) is 6.65. The number of carbonyl (C=O) groups is 2. The summed E-state index contributed by atoms with van der Waals surface area (Å²) < 4.78 is 27.5. The molecule has 0 bridgehead atoms. The van der Waals surface area contributed by atoms with E-state index in [4.69, 9.17) is 0 Å². The quantitative estimate of drug-likeness (QED) is 0.577. The van der Waals surface area contributed by atoms with Gasteiger partial charge in [-0.25, -0.2) is 13.1 Å². The predicted molar refractivity (Wildman–Crippen MR) is 128 cm³/mol. The van der Waals surface area contributed by atoms with Gasteiger partial charge in [0.05, 0.1) is 4.90 Å². The van der Waals surface area contributed by atoms with Gasteiger partial charge in [0.1, 0.15) is 6.04 Å². The number of hydrogen-bond acceptors (Lipinski definition) is 4. The van der Waals surface area contributed by atoms with Crippen molar-refractivity contribution in [1.29, 1.82) is 0 Å². The first kappa shape index (κ1) is 24.9. The van der Waals surface area contributed by atoms with Crippen LogP contribution in [0.2, 0.25) is 0 Å². The number of benzene rings is 2. The summed E-state index contributed by atoms with van der Waals surface area (Å²) in [6.45, 7) is 5.39.